The molecule has 0 unspecified atom stereocenters. The van der Waals surface area contributed by atoms with E-state index in [4.69, 9.17) is 0 Å². The number of aryl methyl sites for hydroxylation is 6. The van der Waals surface area contributed by atoms with E-state index in [-0.39, 0.29) is 0 Å². The number of aromatic nitrogens is 10. The molecule has 0 aliphatic heterocycles. The standard InChI is InChI=1S/2C12H11N.4C11H10N2/c1-10-6-5-9-12(13-10)11-7-3-2-4-8-11;1-10-7-8-13-12(9-10)11-5-3-2-4-6-11;1-9-4-2-6-11(13-9)10-5-3-7-12-8-10;1-9-5-4-7-11(13-9)10-6-2-3-8-12-10;1-9-3-2-4-11(13-9)10-5-7-12-8-6-10;1-9-5-7-13-11(8-9)10-4-2-3-6-12-10/h2*2-9H,1H3;4*2-8H,1H3. The first-order valence-corrected chi connectivity index (χ1v) is 25.5. The molecule has 78 heavy (non-hydrogen) atoms. The van der Waals surface area contributed by atoms with Gasteiger partial charge in [0.2, 0.25) is 0 Å². The minimum atomic E-state index is 0.922. The Morgan fingerprint density at radius 2 is 0.590 bits per heavy atom. The molecule has 10 heterocycles. The maximum absolute atomic E-state index is 4.44. The normalized spacial score (nSPS) is 9.92. The third-order valence-corrected chi connectivity index (χ3v) is 11.3. The molecule has 0 radical (unpaired) electrons. The number of benzene rings is 2. The second kappa shape index (κ2) is 30.3. The van der Waals surface area contributed by atoms with Crippen molar-refractivity contribution in [2.75, 3.05) is 0 Å². The van der Waals surface area contributed by atoms with Gasteiger partial charge in [-0.1, -0.05) is 97.1 Å². The third-order valence-electron chi connectivity index (χ3n) is 11.3. The highest BCUT2D eigenvalue weighted by atomic mass is 14.8. The Bertz CT molecular complexity index is 3000. The summed E-state index contributed by atoms with van der Waals surface area (Å²) in [7, 11) is 0. The van der Waals surface area contributed by atoms with Crippen molar-refractivity contribution >= 4 is 0 Å². The smallest absolute Gasteiger partial charge is 0.0889 e. The molecule has 0 fully saturated rings. The molecular weight excluding hydrogens is 957 g/mol. The molecule has 10 aromatic heterocycles. The van der Waals surface area contributed by atoms with E-state index in [9.17, 15) is 0 Å². The fourth-order valence-electron chi connectivity index (χ4n) is 7.45. The van der Waals surface area contributed by atoms with E-state index in [0.717, 1.165) is 79.5 Å². The van der Waals surface area contributed by atoms with Crippen LogP contribution in [0.2, 0.25) is 0 Å². The van der Waals surface area contributed by atoms with Crippen LogP contribution in [0.5, 0.6) is 0 Å². The molecule has 0 N–H and O–H groups in total. The molecule has 10 nitrogen and oxygen atoms in total. The largest absolute Gasteiger partial charge is 0.265 e. The van der Waals surface area contributed by atoms with Crippen LogP contribution in [0.4, 0.5) is 0 Å². The molecule has 0 atom stereocenters. The number of hydrogen-bond donors (Lipinski definition) is 0. The molecule has 12 rings (SSSR count). The summed E-state index contributed by atoms with van der Waals surface area (Å²) in [5.41, 5.74) is 18.9. The molecule has 0 amide bonds. The average molecular weight is 1020 g/mol. The average Bonchev–Trinajstić information content (AvgIpc) is 3.49. The molecule has 0 aliphatic rings. The Morgan fingerprint density at radius 3 is 1.04 bits per heavy atom. The van der Waals surface area contributed by atoms with Gasteiger partial charge in [-0.3, -0.25) is 49.8 Å². The lowest BCUT2D eigenvalue weighted by Crippen LogP contribution is -1.87. The second-order valence-corrected chi connectivity index (χ2v) is 17.7. The number of nitrogens with zero attached hydrogens (tertiary/aromatic N) is 10. The van der Waals surface area contributed by atoms with E-state index in [1.165, 1.54) is 22.3 Å². The zero-order chi connectivity index (χ0) is 54.6. The SMILES string of the molecule is Cc1cccc(-c2ccccc2)n1.Cc1cccc(-c2ccccn2)n1.Cc1cccc(-c2cccnc2)n1.Cc1cccc(-c2ccncc2)n1.Cc1ccnc(-c2ccccc2)c1.Cc1ccnc(-c2ccccn2)c1. The second-order valence-electron chi connectivity index (χ2n) is 17.7. The van der Waals surface area contributed by atoms with Crippen LogP contribution in [0.1, 0.15) is 33.9 Å². The van der Waals surface area contributed by atoms with E-state index < -0.39 is 0 Å². The van der Waals surface area contributed by atoms with Gasteiger partial charge in [-0.2, -0.15) is 0 Å². The van der Waals surface area contributed by atoms with E-state index in [1.807, 2.05) is 235 Å². The van der Waals surface area contributed by atoms with Crippen LogP contribution in [0, 0.1) is 41.5 Å². The Balaban J connectivity index is 0.000000136. The van der Waals surface area contributed by atoms with Crippen molar-refractivity contribution in [2.24, 2.45) is 0 Å². The maximum Gasteiger partial charge on any atom is 0.0889 e. The van der Waals surface area contributed by atoms with Gasteiger partial charge in [-0.25, -0.2) is 0 Å². The van der Waals surface area contributed by atoms with Gasteiger partial charge < -0.3 is 0 Å². The van der Waals surface area contributed by atoms with Gasteiger partial charge in [-0.05, 0) is 174 Å². The van der Waals surface area contributed by atoms with Crippen molar-refractivity contribution in [2.45, 2.75) is 41.5 Å². The van der Waals surface area contributed by atoms with Crippen molar-refractivity contribution in [1.29, 1.82) is 0 Å². The highest BCUT2D eigenvalue weighted by Gasteiger charge is 2.02. The van der Waals surface area contributed by atoms with Gasteiger partial charge in [0.1, 0.15) is 0 Å². The summed E-state index contributed by atoms with van der Waals surface area (Å²) in [5.74, 6) is 0. The molecule has 0 bridgehead atoms. The zero-order valence-electron chi connectivity index (χ0n) is 44.9. The predicted molar refractivity (Wildman–Crippen MR) is 318 cm³/mol. The first-order chi connectivity index (χ1) is 38.2. The Morgan fingerprint density at radius 1 is 0.218 bits per heavy atom. The number of hydrogen-bond acceptors (Lipinski definition) is 10. The van der Waals surface area contributed by atoms with E-state index in [2.05, 4.69) is 87.1 Å². The summed E-state index contributed by atoms with van der Waals surface area (Å²) in [6, 6.07) is 72.0. The topological polar surface area (TPSA) is 129 Å². The molecule has 0 saturated carbocycles. The van der Waals surface area contributed by atoms with Gasteiger partial charge in [-0.15, -0.1) is 0 Å². The predicted octanol–water partition coefficient (Wildman–Crippen LogP) is 15.9. The van der Waals surface area contributed by atoms with E-state index >= 15 is 0 Å². The van der Waals surface area contributed by atoms with Crippen molar-refractivity contribution in [3.63, 3.8) is 0 Å². The molecule has 0 saturated heterocycles. The summed E-state index contributed by atoms with van der Waals surface area (Å²) in [6.45, 7) is 12.1. The van der Waals surface area contributed by atoms with Crippen LogP contribution in [0.3, 0.4) is 0 Å². The first kappa shape index (κ1) is 55.7. The van der Waals surface area contributed by atoms with E-state index in [1.54, 1.807) is 37.2 Å². The quantitative estimate of drug-likeness (QED) is 0.159. The Labute approximate surface area is 458 Å². The number of pyridine rings is 10. The van der Waals surface area contributed by atoms with Crippen molar-refractivity contribution in [1.82, 2.24) is 49.8 Å². The minimum Gasteiger partial charge on any atom is -0.265 e. The Kier molecular flexibility index (Phi) is 21.7. The fourth-order valence-corrected chi connectivity index (χ4v) is 7.45. The van der Waals surface area contributed by atoms with Crippen LogP contribution >= 0.6 is 0 Å². The Hall–Kier alpha value is -10.1. The lowest BCUT2D eigenvalue weighted by Gasteiger charge is -2.00. The van der Waals surface area contributed by atoms with E-state index in [0.29, 0.717) is 0 Å². The lowest BCUT2D eigenvalue weighted by molar-refractivity contribution is 1.18. The summed E-state index contributed by atoms with van der Waals surface area (Å²) in [4.78, 5) is 42.7. The molecule has 10 heteroatoms. The summed E-state index contributed by atoms with van der Waals surface area (Å²) in [5, 5.41) is 0. The minimum absolute atomic E-state index is 0.922. The molecule has 12 aromatic rings. The summed E-state index contributed by atoms with van der Waals surface area (Å²) < 4.78 is 0. The highest BCUT2D eigenvalue weighted by molar-refractivity contribution is 5.61. The molecular formula is C68H62N10. The van der Waals surface area contributed by atoms with Crippen LogP contribution < -0.4 is 0 Å². The van der Waals surface area contributed by atoms with Gasteiger partial charge in [0, 0.05) is 94.6 Å². The third kappa shape index (κ3) is 18.7. The van der Waals surface area contributed by atoms with Crippen molar-refractivity contribution in [3.05, 3.63) is 302 Å². The van der Waals surface area contributed by atoms with Crippen molar-refractivity contribution < 1.29 is 0 Å². The lowest BCUT2D eigenvalue weighted by atomic mass is 10.1. The highest BCUT2D eigenvalue weighted by Crippen LogP contribution is 2.20. The monoisotopic (exact) mass is 1020 g/mol. The van der Waals surface area contributed by atoms with Gasteiger partial charge in [0.05, 0.1) is 45.6 Å². The van der Waals surface area contributed by atoms with Crippen LogP contribution in [-0.4, -0.2) is 49.8 Å². The van der Waals surface area contributed by atoms with Crippen LogP contribution in [0.15, 0.2) is 268 Å². The van der Waals surface area contributed by atoms with Crippen LogP contribution in [-0.2, 0) is 0 Å². The first-order valence-electron chi connectivity index (χ1n) is 25.5. The molecule has 0 spiro atoms. The van der Waals surface area contributed by atoms with Gasteiger partial charge in [0.25, 0.3) is 0 Å². The molecule has 384 valence electrons. The van der Waals surface area contributed by atoms with Gasteiger partial charge >= 0.3 is 0 Å². The number of rotatable bonds is 6. The summed E-state index contributed by atoms with van der Waals surface area (Å²) in [6.07, 6.45) is 14.3. The van der Waals surface area contributed by atoms with Crippen LogP contribution in [0.25, 0.3) is 67.8 Å². The zero-order valence-corrected chi connectivity index (χ0v) is 44.9. The maximum atomic E-state index is 4.44. The van der Waals surface area contributed by atoms with Gasteiger partial charge in [0.15, 0.2) is 0 Å². The molecule has 0 aliphatic carbocycles. The summed E-state index contributed by atoms with van der Waals surface area (Å²) >= 11 is 0. The molecule has 2 aromatic carbocycles. The van der Waals surface area contributed by atoms with Crippen molar-refractivity contribution in [3.8, 4) is 67.8 Å². The fraction of sp³-hybridized carbons (Fsp3) is 0.0882.